The van der Waals surface area contributed by atoms with E-state index in [0.717, 1.165) is 32.1 Å². The number of hydrogen-bond donors (Lipinski definition) is 1. The molecule has 2 heterocycles. The first-order valence-corrected chi connectivity index (χ1v) is 11.1. The lowest BCUT2D eigenvalue weighted by atomic mass is 10.2. The van der Waals surface area contributed by atoms with E-state index < -0.39 is 21.9 Å². The van der Waals surface area contributed by atoms with E-state index >= 15 is 0 Å². The molecule has 1 aromatic carbocycles. The molecule has 0 aromatic heterocycles. The van der Waals surface area contributed by atoms with Crippen molar-refractivity contribution in [3.8, 4) is 0 Å². The van der Waals surface area contributed by atoms with Crippen molar-refractivity contribution in [2.75, 3.05) is 32.8 Å². The van der Waals surface area contributed by atoms with Crippen LogP contribution in [0.5, 0.6) is 0 Å². The minimum Gasteiger partial charge on any atom is -0.452 e. The minimum absolute atomic E-state index is 0.0223. The zero-order chi connectivity index (χ0) is 20.0. The van der Waals surface area contributed by atoms with Gasteiger partial charge in [0.25, 0.3) is 5.91 Å². The van der Waals surface area contributed by atoms with Crippen LogP contribution in [0.4, 0.5) is 0 Å². The van der Waals surface area contributed by atoms with E-state index in [1.807, 2.05) is 0 Å². The van der Waals surface area contributed by atoms with Crippen LogP contribution in [0.1, 0.15) is 42.5 Å². The molecule has 8 nitrogen and oxygen atoms in total. The maximum absolute atomic E-state index is 12.6. The molecule has 0 radical (unpaired) electrons. The molecule has 2 saturated heterocycles. The van der Waals surface area contributed by atoms with Gasteiger partial charge in [0.2, 0.25) is 10.0 Å². The monoisotopic (exact) mass is 410 g/mol. The zero-order valence-corrected chi connectivity index (χ0v) is 16.6. The van der Waals surface area contributed by atoms with Gasteiger partial charge in [0, 0.05) is 26.2 Å². The molecule has 0 saturated carbocycles. The number of sulfonamides is 1. The Bertz CT molecular complexity index is 781. The largest absolute Gasteiger partial charge is 0.452 e. The lowest BCUT2D eigenvalue weighted by Gasteiger charge is -2.25. The Labute approximate surface area is 165 Å². The maximum atomic E-state index is 12.6. The second-order valence-corrected chi connectivity index (χ2v) is 8.94. The molecule has 0 unspecified atom stereocenters. The second-order valence-electron chi connectivity index (χ2n) is 7.00. The van der Waals surface area contributed by atoms with Gasteiger partial charge in [-0.25, -0.2) is 13.2 Å². The maximum Gasteiger partial charge on any atom is 0.338 e. The molecule has 2 aliphatic heterocycles. The molecular formula is C19H26N2O6S. The molecule has 3 rings (SSSR count). The van der Waals surface area contributed by atoms with Crippen LogP contribution in [-0.2, 0) is 24.3 Å². The standard InChI is InChI=1S/C19H26N2O6S/c22-18(20-13-16-5-4-12-26-16)14-27-19(23)15-6-8-17(9-7-15)28(24,25)21-10-2-1-3-11-21/h6-9,16H,1-5,10-14H2,(H,20,22)/t16-/m1/s1. The smallest absolute Gasteiger partial charge is 0.338 e. The summed E-state index contributed by atoms with van der Waals surface area (Å²) in [4.78, 5) is 24.0. The third kappa shape index (κ3) is 5.30. The number of nitrogens with one attached hydrogen (secondary N) is 1. The molecule has 2 aliphatic rings. The van der Waals surface area contributed by atoms with Crippen molar-refractivity contribution in [3.05, 3.63) is 29.8 Å². The lowest BCUT2D eigenvalue weighted by Crippen LogP contribution is -2.35. The van der Waals surface area contributed by atoms with Gasteiger partial charge < -0.3 is 14.8 Å². The van der Waals surface area contributed by atoms with Gasteiger partial charge in [0.15, 0.2) is 6.61 Å². The molecule has 1 amide bonds. The number of hydrogen-bond acceptors (Lipinski definition) is 6. The van der Waals surface area contributed by atoms with Gasteiger partial charge in [-0.15, -0.1) is 0 Å². The van der Waals surface area contributed by atoms with Gasteiger partial charge in [-0.2, -0.15) is 4.31 Å². The summed E-state index contributed by atoms with van der Waals surface area (Å²) >= 11 is 0. The van der Waals surface area contributed by atoms with Crippen molar-refractivity contribution in [3.63, 3.8) is 0 Å². The summed E-state index contributed by atoms with van der Waals surface area (Å²) in [5, 5.41) is 2.67. The first-order chi connectivity index (χ1) is 13.5. The predicted octanol–water partition coefficient (Wildman–Crippen LogP) is 1.31. The summed E-state index contributed by atoms with van der Waals surface area (Å²) in [6, 6.07) is 5.61. The number of carbonyl (C=O) groups excluding carboxylic acids is 2. The van der Waals surface area contributed by atoms with Gasteiger partial charge in [0.1, 0.15) is 0 Å². The van der Waals surface area contributed by atoms with Crippen LogP contribution in [0.2, 0.25) is 0 Å². The van der Waals surface area contributed by atoms with Crippen LogP contribution < -0.4 is 5.32 Å². The van der Waals surface area contributed by atoms with Crippen molar-refractivity contribution in [1.29, 1.82) is 0 Å². The molecule has 0 spiro atoms. The van der Waals surface area contributed by atoms with Crippen LogP contribution >= 0.6 is 0 Å². The van der Waals surface area contributed by atoms with Crippen molar-refractivity contribution in [2.24, 2.45) is 0 Å². The minimum atomic E-state index is -3.54. The molecule has 9 heteroatoms. The summed E-state index contributed by atoms with van der Waals surface area (Å²) in [7, 11) is -3.54. The van der Waals surface area contributed by atoms with Crippen molar-refractivity contribution >= 4 is 21.9 Å². The Morgan fingerprint density at radius 2 is 1.82 bits per heavy atom. The summed E-state index contributed by atoms with van der Waals surface area (Å²) in [6.45, 7) is 1.76. The summed E-state index contributed by atoms with van der Waals surface area (Å²) in [5.41, 5.74) is 0.199. The third-order valence-electron chi connectivity index (χ3n) is 4.93. The van der Waals surface area contributed by atoms with Crippen LogP contribution in [0.15, 0.2) is 29.2 Å². The van der Waals surface area contributed by atoms with Gasteiger partial charge in [-0.1, -0.05) is 6.42 Å². The van der Waals surface area contributed by atoms with Crippen molar-refractivity contribution < 1.29 is 27.5 Å². The number of rotatable bonds is 7. The highest BCUT2D eigenvalue weighted by molar-refractivity contribution is 7.89. The SMILES string of the molecule is O=C(COC(=O)c1ccc(S(=O)(=O)N2CCCCC2)cc1)NC[C@H]1CCCO1. The number of benzene rings is 1. The van der Waals surface area contributed by atoms with Crippen molar-refractivity contribution in [2.45, 2.75) is 43.1 Å². The van der Waals surface area contributed by atoms with Crippen molar-refractivity contribution in [1.82, 2.24) is 9.62 Å². The number of carbonyl (C=O) groups is 2. The van der Waals surface area contributed by atoms with Crippen LogP contribution in [0.3, 0.4) is 0 Å². The molecule has 1 N–H and O–H groups in total. The first kappa shape index (κ1) is 20.8. The fraction of sp³-hybridized carbons (Fsp3) is 0.579. The summed E-state index contributed by atoms with van der Waals surface area (Å²) in [6.07, 6.45) is 4.68. The van der Waals surface area contributed by atoms with Crippen LogP contribution in [0, 0.1) is 0 Å². The number of piperidine rings is 1. The van der Waals surface area contributed by atoms with E-state index in [1.165, 1.54) is 28.6 Å². The van der Waals surface area contributed by atoms with Gasteiger partial charge in [-0.05, 0) is 49.9 Å². The average molecular weight is 410 g/mol. The predicted molar refractivity (Wildman–Crippen MR) is 101 cm³/mol. The van der Waals surface area contributed by atoms with E-state index in [1.54, 1.807) is 0 Å². The van der Waals surface area contributed by atoms with E-state index in [2.05, 4.69) is 5.32 Å². The Balaban J connectivity index is 1.49. The molecule has 0 aliphatic carbocycles. The highest BCUT2D eigenvalue weighted by Gasteiger charge is 2.26. The summed E-state index contributed by atoms with van der Waals surface area (Å²) in [5.74, 6) is -1.07. The molecule has 0 bridgehead atoms. The average Bonchev–Trinajstić information content (AvgIpc) is 3.25. The normalized spacial score (nSPS) is 20.6. The number of nitrogens with zero attached hydrogens (tertiary/aromatic N) is 1. The fourth-order valence-electron chi connectivity index (χ4n) is 3.32. The van der Waals surface area contributed by atoms with E-state index in [9.17, 15) is 18.0 Å². The highest BCUT2D eigenvalue weighted by atomic mass is 32.2. The third-order valence-corrected chi connectivity index (χ3v) is 6.84. The highest BCUT2D eigenvalue weighted by Crippen LogP contribution is 2.21. The molecular weight excluding hydrogens is 384 g/mol. The second kappa shape index (κ2) is 9.49. The molecule has 28 heavy (non-hydrogen) atoms. The van der Waals surface area contributed by atoms with E-state index in [0.29, 0.717) is 26.2 Å². The molecule has 2 fully saturated rings. The quantitative estimate of drug-likeness (QED) is 0.680. The fourth-order valence-corrected chi connectivity index (χ4v) is 4.83. The first-order valence-electron chi connectivity index (χ1n) is 9.62. The molecule has 1 atom stereocenters. The Morgan fingerprint density at radius 3 is 2.46 bits per heavy atom. The molecule has 154 valence electrons. The Kier molecular flexibility index (Phi) is 7.03. The van der Waals surface area contributed by atoms with Crippen LogP contribution in [-0.4, -0.2) is 63.6 Å². The van der Waals surface area contributed by atoms with Gasteiger partial charge in [0.05, 0.1) is 16.6 Å². The number of ether oxygens (including phenoxy) is 2. The van der Waals surface area contributed by atoms with Gasteiger partial charge >= 0.3 is 5.97 Å². The lowest BCUT2D eigenvalue weighted by molar-refractivity contribution is -0.124. The Hall–Kier alpha value is -1.97. The zero-order valence-electron chi connectivity index (χ0n) is 15.8. The Morgan fingerprint density at radius 1 is 1.11 bits per heavy atom. The van der Waals surface area contributed by atoms with Gasteiger partial charge in [-0.3, -0.25) is 4.79 Å². The van der Waals surface area contributed by atoms with Crippen LogP contribution in [0.25, 0.3) is 0 Å². The topological polar surface area (TPSA) is 102 Å². The van der Waals surface area contributed by atoms with E-state index in [-0.39, 0.29) is 23.2 Å². The number of amides is 1. The van der Waals surface area contributed by atoms with E-state index in [4.69, 9.17) is 9.47 Å². The number of esters is 1. The molecule has 1 aromatic rings. The summed E-state index contributed by atoms with van der Waals surface area (Å²) < 4.78 is 37.1.